The number of nitrogens with zero attached hydrogens (tertiary/aromatic N) is 2. The van der Waals surface area contributed by atoms with Crippen LogP contribution in [0.3, 0.4) is 0 Å². The van der Waals surface area contributed by atoms with Crippen LogP contribution in [0.25, 0.3) is 0 Å². The molecule has 0 radical (unpaired) electrons. The van der Waals surface area contributed by atoms with E-state index in [1.54, 1.807) is 28.4 Å². The van der Waals surface area contributed by atoms with Crippen LogP contribution in [-0.2, 0) is 49.5 Å². The third-order valence-electron chi connectivity index (χ3n) is 3.82. The molecule has 2 rings (SSSR count). The van der Waals surface area contributed by atoms with Gasteiger partial charge in [0.05, 0.1) is 28.4 Å². The summed E-state index contributed by atoms with van der Waals surface area (Å²) in [5.74, 6) is 3.34. The molecule has 32 heavy (non-hydrogen) atoms. The van der Waals surface area contributed by atoms with E-state index in [0.29, 0.717) is 0 Å². The minimum absolute atomic E-state index is 0. The topological polar surface area (TPSA) is 43.4 Å². The quantitative estimate of drug-likeness (QED) is 0.372. The Morgan fingerprint density at radius 3 is 0.969 bits per heavy atom. The molecule has 0 heterocycles. The Kier molecular flexibility index (Phi) is 20.9. The van der Waals surface area contributed by atoms with Crippen LogP contribution in [0.5, 0.6) is 23.0 Å². The van der Waals surface area contributed by atoms with Crippen molar-refractivity contribution >= 4 is 19.1 Å². The largest absolute Gasteiger partial charge is 0 e. The number of hydrogen-bond donors (Lipinski definition) is 0. The predicted molar refractivity (Wildman–Crippen MR) is 126 cm³/mol. The van der Waals surface area contributed by atoms with Crippen molar-refractivity contribution in [2.24, 2.45) is 0 Å². The third kappa shape index (κ3) is 15.3. The molecule has 0 spiro atoms. The van der Waals surface area contributed by atoms with Gasteiger partial charge in [-0.2, -0.15) is 0 Å². The van der Waals surface area contributed by atoms with Gasteiger partial charge < -0.3 is 28.7 Å². The van der Waals surface area contributed by atoms with E-state index in [0.717, 1.165) is 36.1 Å². The molecule has 0 aliphatic rings. The van der Waals surface area contributed by atoms with Gasteiger partial charge in [0.15, 0.2) is 0 Å². The summed E-state index contributed by atoms with van der Waals surface area (Å²) in [6, 6.07) is 11.8. The van der Waals surface area contributed by atoms with Crippen molar-refractivity contribution < 1.29 is 55.3 Å². The molecule has 0 atom stereocenters. The second-order valence-corrected chi connectivity index (χ2v) is 9.32. The molecule has 0 bridgehead atoms. The zero-order valence-corrected chi connectivity index (χ0v) is 24.4. The Balaban J connectivity index is 0. The van der Waals surface area contributed by atoms with Gasteiger partial charge in [0.25, 0.3) is 0 Å². The summed E-state index contributed by atoms with van der Waals surface area (Å²) in [7, 11) is 24.4. The zero-order chi connectivity index (χ0) is 23.8. The monoisotopic (exact) mass is 672 g/mol. The first-order chi connectivity index (χ1) is 14.7. The van der Waals surface area contributed by atoms with Crippen LogP contribution in [0.15, 0.2) is 36.4 Å². The molecule has 190 valence electrons. The molecule has 0 unspecified atom stereocenters. The maximum absolute atomic E-state index is 5.18. The van der Waals surface area contributed by atoms with E-state index in [-0.39, 0.29) is 36.4 Å². The molecule has 0 aromatic heterocycles. The first-order valence-corrected chi connectivity index (χ1v) is 13.3. The van der Waals surface area contributed by atoms with E-state index in [9.17, 15) is 0 Å². The molecule has 0 aliphatic carbocycles. The van der Waals surface area contributed by atoms with Gasteiger partial charge in [0.2, 0.25) is 0 Å². The Labute approximate surface area is 223 Å². The fourth-order valence-electron chi connectivity index (χ4n) is 2.65. The molecule has 0 N–H and O–H groups in total. The van der Waals surface area contributed by atoms with E-state index in [4.69, 9.17) is 38.0 Å². The Bertz CT molecular complexity index is 648. The Morgan fingerprint density at radius 2 is 0.812 bits per heavy atom. The van der Waals surface area contributed by atoms with Crippen molar-refractivity contribution in [2.45, 2.75) is 13.1 Å². The van der Waals surface area contributed by atoms with Crippen LogP contribution in [0.1, 0.15) is 11.1 Å². The van der Waals surface area contributed by atoms with Crippen molar-refractivity contribution in [3.63, 3.8) is 0 Å². The van der Waals surface area contributed by atoms with Crippen LogP contribution >= 0.6 is 19.1 Å². The first kappa shape index (κ1) is 33.6. The van der Waals surface area contributed by atoms with Gasteiger partial charge in [-0.1, -0.05) is 0 Å². The van der Waals surface area contributed by atoms with E-state index in [1.807, 2.05) is 64.6 Å². The number of hydrogen-bond acceptors (Lipinski definition) is 6. The molecular weight excluding hydrogens is 640 g/mol. The summed E-state index contributed by atoms with van der Waals surface area (Å²) in [6.07, 6.45) is 0. The molecule has 0 saturated carbocycles. The van der Waals surface area contributed by atoms with Crippen molar-refractivity contribution in [3.05, 3.63) is 47.5 Å². The molecule has 6 nitrogen and oxygen atoms in total. The Hall–Kier alpha value is -0.535. The number of ether oxygens (including phenoxy) is 4. The maximum atomic E-state index is 5.18. The van der Waals surface area contributed by atoms with Gasteiger partial charge in [0, 0.05) is 45.6 Å². The second kappa shape index (κ2) is 19.9. The van der Waals surface area contributed by atoms with E-state index < -0.39 is 0 Å². The van der Waals surface area contributed by atoms with E-state index >= 15 is 0 Å². The molecule has 0 aliphatic heterocycles. The van der Waals surface area contributed by atoms with Gasteiger partial charge in [-0.05, 0) is 63.6 Å². The van der Waals surface area contributed by atoms with Crippen LogP contribution < -0.4 is 18.9 Å². The van der Waals surface area contributed by atoms with Crippen molar-refractivity contribution in [2.75, 3.05) is 56.6 Å². The molecule has 0 saturated heterocycles. The van der Waals surface area contributed by atoms with Crippen LogP contribution in [-0.4, -0.2) is 66.4 Å². The minimum Gasteiger partial charge on any atom is 0 e. The fraction of sp³-hybridized carbons (Fsp3) is 0.455. The summed E-state index contributed by atoms with van der Waals surface area (Å²) in [6.45, 7) is 1.76. The fourth-order valence-corrected chi connectivity index (χ4v) is 2.65. The summed E-state index contributed by atoms with van der Waals surface area (Å²) in [4.78, 5) is 4.21. The number of benzene rings is 2. The van der Waals surface area contributed by atoms with Crippen molar-refractivity contribution in [1.82, 2.24) is 9.80 Å². The standard InChI is InChI=1S/2C11H17NO2.2ClH.2Pd/c2*1-12(2)8-9-5-10(13-3)7-11(6-9)14-4;;;;/h2*5-7H,8H2,1-4H3;2*1H;;/q;;;;;+2/p-2. The molecule has 2 aromatic carbocycles. The number of halogens is 2. The summed E-state index contributed by atoms with van der Waals surface area (Å²) < 4.78 is 20.7. The minimum atomic E-state index is -0.106. The van der Waals surface area contributed by atoms with Gasteiger partial charge >= 0.3 is 35.0 Å². The van der Waals surface area contributed by atoms with Gasteiger partial charge in [-0.25, -0.2) is 0 Å². The zero-order valence-electron chi connectivity index (χ0n) is 19.8. The van der Waals surface area contributed by atoms with E-state index in [2.05, 4.69) is 9.80 Å². The summed E-state index contributed by atoms with van der Waals surface area (Å²) >= 11 is -0.106. The number of rotatable bonds is 8. The molecule has 0 fully saturated rings. The average Bonchev–Trinajstić information content (AvgIpc) is 2.73. The molecular formula is C22H34Cl2N2O4Pd2. The molecule has 0 amide bonds. The SMILES string of the molecule is COc1cc(CN(C)C)cc(OC)c1.COc1cc(CN(C)C)cc(OC)c1.[Cl][Pd][Cl].[Pd]. The summed E-state index contributed by atoms with van der Waals surface area (Å²) in [5, 5.41) is 0. The van der Waals surface area contributed by atoms with Gasteiger partial charge in [-0.15, -0.1) is 0 Å². The smallest absolute Gasteiger partial charge is 0 e. The first-order valence-electron chi connectivity index (χ1n) is 9.28. The van der Waals surface area contributed by atoms with Crippen LogP contribution in [0.4, 0.5) is 0 Å². The maximum Gasteiger partial charge on any atom is 0 e. The number of methoxy groups -OCH3 is 4. The summed E-state index contributed by atoms with van der Waals surface area (Å²) in [5.41, 5.74) is 2.37. The van der Waals surface area contributed by atoms with Crippen molar-refractivity contribution in [3.8, 4) is 23.0 Å². The van der Waals surface area contributed by atoms with Crippen LogP contribution in [0.2, 0.25) is 0 Å². The van der Waals surface area contributed by atoms with Crippen molar-refractivity contribution in [1.29, 1.82) is 0 Å². The van der Waals surface area contributed by atoms with E-state index in [1.165, 1.54) is 11.1 Å². The molecule has 10 heteroatoms. The average molecular weight is 674 g/mol. The second-order valence-electron chi connectivity index (χ2n) is 6.96. The van der Waals surface area contributed by atoms with Gasteiger partial charge in [-0.3, -0.25) is 0 Å². The third-order valence-corrected chi connectivity index (χ3v) is 3.82. The predicted octanol–water partition coefficient (Wildman–Crippen LogP) is 4.90. The normalized spacial score (nSPS) is 9.75. The molecule has 2 aromatic rings. The van der Waals surface area contributed by atoms with Gasteiger partial charge in [0.1, 0.15) is 23.0 Å². The van der Waals surface area contributed by atoms with Crippen LogP contribution in [0, 0.1) is 0 Å². The Morgan fingerprint density at radius 1 is 0.594 bits per heavy atom.